The summed E-state index contributed by atoms with van der Waals surface area (Å²) in [4.78, 5) is 19.4. The summed E-state index contributed by atoms with van der Waals surface area (Å²) in [7, 11) is 0. The van der Waals surface area contributed by atoms with E-state index in [1.165, 1.54) is 23.9 Å². The molecule has 1 heterocycles. The lowest BCUT2D eigenvalue weighted by atomic mass is 10.2. The topological polar surface area (TPSA) is 62.1 Å². The highest BCUT2D eigenvalue weighted by Crippen LogP contribution is 2.44. The number of halogens is 3. The van der Waals surface area contributed by atoms with E-state index in [1.54, 1.807) is 29.2 Å². The number of hydrogen-bond donors (Lipinski definition) is 1. The van der Waals surface area contributed by atoms with Gasteiger partial charge in [-0.15, -0.1) is 0 Å². The van der Waals surface area contributed by atoms with E-state index in [1.807, 2.05) is 13.8 Å². The first-order chi connectivity index (χ1) is 13.8. The van der Waals surface area contributed by atoms with E-state index in [9.17, 15) is 14.3 Å². The number of benzene rings is 2. The molecule has 1 fully saturated rings. The second kappa shape index (κ2) is 9.32. The van der Waals surface area contributed by atoms with E-state index in [0.717, 1.165) is 0 Å². The molecule has 0 bridgehead atoms. The molecule has 1 amide bonds. The van der Waals surface area contributed by atoms with Crippen LogP contribution in [0.4, 0.5) is 10.1 Å². The van der Waals surface area contributed by atoms with Gasteiger partial charge in [0.15, 0.2) is 16.7 Å². The first-order valence-electron chi connectivity index (χ1n) is 8.75. The number of phenols is 1. The smallest absolute Gasteiger partial charge is 0.266 e. The third kappa shape index (κ3) is 4.67. The van der Waals surface area contributed by atoms with Crippen molar-refractivity contribution in [2.75, 3.05) is 13.2 Å². The molecule has 3 rings (SSSR count). The molecule has 0 saturated carbocycles. The van der Waals surface area contributed by atoms with Gasteiger partial charge in [-0.25, -0.2) is 9.38 Å². The molecule has 0 radical (unpaired) electrons. The van der Waals surface area contributed by atoms with E-state index >= 15 is 0 Å². The van der Waals surface area contributed by atoms with Crippen LogP contribution in [0, 0.1) is 5.82 Å². The van der Waals surface area contributed by atoms with Gasteiger partial charge in [0.1, 0.15) is 5.82 Å². The molecule has 1 saturated heterocycles. The zero-order valence-electron chi connectivity index (χ0n) is 15.6. The standard InChI is InChI=1S/C20H17Br2FN2O3S/c1-3-25-19(27)15(29-20(25)24-13-7-5-12(23)6-8-13)10-11-9-14(28-4-2)18(26)17(22)16(11)21/h5-10,26H,3-4H2,1-2H3/b15-10+,24-20?. The van der Waals surface area contributed by atoms with E-state index in [4.69, 9.17) is 4.74 Å². The summed E-state index contributed by atoms with van der Waals surface area (Å²) in [6.07, 6.45) is 1.72. The Morgan fingerprint density at radius 1 is 1.24 bits per heavy atom. The van der Waals surface area contributed by atoms with Crippen molar-refractivity contribution < 1.29 is 19.0 Å². The zero-order valence-corrected chi connectivity index (χ0v) is 19.6. The molecule has 0 spiro atoms. The van der Waals surface area contributed by atoms with Crippen LogP contribution in [0.25, 0.3) is 6.08 Å². The maximum absolute atomic E-state index is 13.1. The highest BCUT2D eigenvalue weighted by molar-refractivity contribution is 9.13. The van der Waals surface area contributed by atoms with Crippen LogP contribution in [0.3, 0.4) is 0 Å². The SMILES string of the molecule is CCOc1cc(/C=C2/SC(=Nc3ccc(F)cc3)N(CC)C2=O)c(Br)c(Br)c1O. The van der Waals surface area contributed by atoms with Crippen LogP contribution in [-0.2, 0) is 4.79 Å². The number of nitrogens with zero attached hydrogens (tertiary/aromatic N) is 2. The summed E-state index contributed by atoms with van der Waals surface area (Å²) >= 11 is 8.02. The van der Waals surface area contributed by atoms with E-state index in [-0.39, 0.29) is 17.5 Å². The van der Waals surface area contributed by atoms with Gasteiger partial charge in [0.2, 0.25) is 0 Å². The lowest BCUT2D eigenvalue weighted by molar-refractivity contribution is -0.122. The summed E-state index contributed by atoms with van der Waals surface area (Å²) in [6, 6.07) is 7.44. The molecule has 1 aliphatic rings. The number of amidine groups is 1. The molecule has 1 aliphatic heterocycles. The summed E-state index contributed by atoms with van der Waals surface area (Å²) in [5.41, 5.74) is 1.24. The van der Waals surface area contributed by atoms with Crippen molar-refractivity contribution in [1.82, 2.24) is 4.90 Å². The van der Waals surface area contributed by atoms with Crippen molar-refractivity contribution in [3.8, 4) is 11.5 Å². The normalized spacial score (nSPS) is 16.9. The average molecular weight is 544 g/mol. The Labute approximate surface area is 188 Å². The second-order valence-corrected chi connectivity index (χ2v) is 8.50. The number of ether oxygens (including phenoxy) is 1. The number of hydrogen-bond acceptors (Lipinski definition) is 5. The van der Waals surface area contributed by atoms with Crippen LogP contribution in [0.15, 0.2) is 49.2 Å². The largest absolute Gasteiger partial charge is 0.503 e. The minimum Gasteiger partial charge on any atom is -0.503 e. The van der Waals surface area contributed by atoms with Crippen LogP contribution in [-0.4, -0.2) is 34.2 Å². The molecule has 0 aromatic heterocycles. The first-order valence-corrected chi connectivity index (χ1v) is 11.1. The number of rotatable bonds is 5. The van der Waals surface area contributed by atoms with Gasteiger partial charge in [-0.3, -0.25) is 9.69 Å². The van der Waals surface area contributed by atoms with Crippen molar-refractivity contribution in [2.45, 2.75) is 13.8 Å². The van der Waals surface area contributed by atoms with Gasteiger partial charge in [0.05, 0.1) is 21.7 Å². The van der Waals surface area contributed by atoms with Crippen LogP contribution < -0.4 is 4.74 Å². The molecular formula is C20H17Br2FN2O3S. The van der Waals surface area contributed by atoms with Gasteiger partial charge in [0, 0.05) is 11.0 Å². The summed E-state index contributed by atoms with van der Waals surface area (Å²) in [6.45, 7) is 4.53. The quantitative estimate of drug-likeness (QED) is 0.464. The lowest BCUT2D eigenvalue weighted by Gasteiger charge is -2.12. The number of aliphatic imine (C=N–C) groups is 1. The van der Waals surface area contributed by atoms with Gasteiger partial charge in [0.25, 0.3) is 5.91 Å². The van der Waals surface area contributed by atoms with Gasteiger partial charge >= 0.3 is 0 Å². The summed E-state index contributed by atoms with van der Waals surface area (Å²) in [5.74, 6) is -0.213. The molecule has 5 nitrogen and oxygen atoms in total. The Morgan fingerprint density at radius 2 is 1.93 bits per heavy atom. The van der Waals surface area contributed by atoms with Gasteiger partial charge in [-0.1, -0.05) is 0 Å². The first kappa shape index (κ1) is 21.9. The molecule has 1 N–H and O–H groups in total. The molecule has 29 heavy (non-hydrogen) atoms. The van der Waals surface area contributed by atoms with Crippen LogP contribution in [0.2, 0.25) is 0 Å². The molecular weight excluding hydrogens is 527 g/mol. The fourth-order valence-electron chi connectivity index (χ4n) is 2.62. The number of aromatic hydroxyl groups is 1. The predicted molar refractivity (Wildman–Crippen MR) is 121 cm³/mol. The fraction of sp³-hybridized carbons (Fsp3) is 0.200. The molecule has 2 aromatic rings. The Balaban J connectivity index is 2.00. The average Bonchev–Trinajstić information content (AvgIpc) is 3.00. The molecule has 152 valence electrons. The maximum Gasteiger partial charge on any atom is 0.266 e. The van der Waals surface area contributed by atoms with Gasteiger partial charge in [-0.05, 0) is 99.4 Å². The predicted octanol–water partition coefficient (Wildman–Crippen LogP) is 6.08. The van der Waals surface area contributed by atoms with Crippen molar-refractivity contribution >= 4 is 66.5 Å². The summed E-state index contributed by atoms with van der Waals surface area (Å²) in [5, 5.41) is 10.7. The Bertz CT molecular complexity index is 1010. The van der Waals surface area contributed by atoms with Crippen LogP contribution in [0.1, 0.15) is 19.4 Å². The van der Waals surface area contributed by atoms with Crippen molar-refractivity contribution in [2.24, 2.45) is 4.99 Å². The maximum atomic E-state index is 13.1. The summed E-state index contributed by atoms with van der Waals surface area (Å²) < 4.78 is 19.6. The molecule has 9 heteroatoms. The Kier molecular flexibility index (Phi) is 7.02. The van der Waals surface area contributed by atoms with E-state index in [2.05, 4.69) is 36.9 Å². The number of carbonyl (C=O) groups is 1. The minimum atomic E-state index is -0.343. The van der Waals surface area contributed by atoms with Gasteiger partial charge < -0.3 is 9.84 Å². The van der Waals surface area contributed by atoms with Crippen molar-refractivity contribution in [1.29, 1.82) is 0 Å². The molecule has 2 aromatic carbocycles. The molecule has 0 aliphatic carbocycles. The van der Waals surface area contributed by atoms with E-state index in [0.29, 0.717) is 49.2 Å². The Hall–Kier alpha value is -1.84. The fourth-order valence-corrected chi connectivity index (χ4v) is 4.51. The highest BCUT2D eigenvalue weighted by atomic mass is 79.9. The number of likely N-dealkylation sites (N-methyl/N-ethyl adjacent to an activating group) is 1. The number of amides is 1. The third-order valence-corrected chi connectivity index (χ3v) is 7.18. The van der Waals surface area contributed by atoms with Gasteiger partial charge in [-0.2, -0.15) is 0 Å². The van der Waals surface area contributed by atoms with Crippen LogP contribution >= 0.6 is 43.6 Å². The third-order valence-electron chi connectivity index (χ3n) is 4.02. The van der Waals surface area contributed by atoms with E-state index < -0.39 is 0 Å². The zero-order chi connectivity index (χ0) is 21.1. The highest BCUT2D eigenvalue weighted by Gasteiger charge is 2.32. The Morgan fingerprint density at radius 3 is 2.55 bits per heavy atom. The molecule has 0 unspecified atom stereocenters. The second-order valence-electron chi connectivity index (χ2n) is 5.90. The monoisotopic (exact) mass is 542 g/mol. The minimum absolute atomic E-state index is 0.0139. The van der Waals surface area contributed by atoms with Crippen molar-refractivity contribution in [3.63, 3.8) is 0 Å². The lowest BCUT2D eigenvalue weighted by Crippen LogP contribution is -2.28. The van der Waals surface area contributed by atoms with Crippen molar-refractivity contribution in [3.05, 3.63) is 55.6 Å². The molecule has 0 atom stereocenters. The number of carbonyl (C=O) groups excluding carboxylic acids is 1. The van der Waals surface area contributed by atoms with Crippen LogP contribution in [0.5, 0.6) is 11.5 Å². The number of phenolic OH excluding ortho intramolecular Hbond substituents is 1. The number of thioether (sulfide) groups is 1.